The highest BCUT2D eigenvalue weighted by Crippen LogP contribution is 2.22. The maximum Gasteiger partial charge on any atom is 0.325 e. The fourth-order valence-corrected chi connectivity index (χ4v) is 2.89. The number of nitrogens with zero attached hydrogens (tertiary/aromatic N) is 1. The first-order chi connectivity index (χ1) is 12.8. The average Bonchev–Trinajstić information content (AvgIpc) is 2.66. The summed E-state index contributed by atoms with van der Waals surface area (Å²) in [5.74, 6) is -2.23. The number of likely N-dealkylation sites (tertiary alicyclic amines) is 1. The Labute approximate surface area is 165 Å². The predicted molar refractivity (Wildman–Crippen MR) is 98.3 cm³/mol. The zero-order chi connectivity index (χ0) is 20.0. The van der Waals surface area contributed by atoms with Crippen LogP contribution in [0.1, 0.15) is 23.2 Å². The van der Waals surface area contributed by atoms with Crippen molar-refractivity contribution in [2.24, 2.45) is 11.7 Å². The number of carbonyl (C=O) groups is 4. The van der Waals surface area contributed by atoms with Gasteiger partial charge in [0.05, 0.1) is 10.0 Å². The number of nitrogens with one attached hydrogen (secondary N) is 1. The van der Waals surface area contributed by atoms with Gasteiger partial charge in [-0.1, -0.05) is 23.2 Å². The monoisotopic (exact) mass is 415 g/mol. The number of ether oxygens (including phenoxy) is 1. The van der Waals surface area contributed by atoms with Crippen LogP contribution in [0.15, 0.2) is 18.2 Å². The molecule has 1 aliphatic rings. The van der Waals surface area contributed by atoms with Gasteiger partial charge in [-0.3, -0.25) is 19.2 Å². The highest BCUT2D eigenvalue weighted by atomic mass is 35.5. The van der Waals surface area contributed by atoms with Gasteiger partial charge in [0, 0.05) is 24.6 Å². The van der Waals surface area contributed by atoms with Gasteiger partial charge in [0.2, 0.25) is 5.91 Å². The van der Waals surface area contributed by atoms with Gasteiger partial charge in [0.25, 0.3) is 11.8 Å². The molecule has 146 valence electrons. The Morgan fingerprint density at radius 2 is 1.81 bits per heavy atom. The van der Waals surface area contributed by atoms with E-state index in [0.29, 0.717) is 31.0 Å². The summed E-state index contributed by atoms with van der Waals surface area (Å²) in [7, 11) is 0. The lowest BCUT2D eigenvalue weighted by Crippen LogP contribution is -2.43. The Hall–Kier alpha value is -2.32. The molecule has 0 atom stereocenters. The Bertz CT molecular complexity index is 748. The molecule has 3 amide bonds. The molecule has 8 nitrogen and oxygen atoms in total. The van der Waals surface area contributed by atoms with E-state index in [9.17, 15) is 19.2 Å². The van der Waals surface area contributed by atoms with Crippen molar-refractivity contribution in [3.63, 3.8) is 0 Å². The second-order valence-corrected chi connectivity index (χ2v) is 6.84. The van der Waals surface area contributed by atoms with Gasteiger partial charge in [-0.2, -0.15) is 0 Å². The molecule has 2 rings (SSSR count). The average molecular weight is 416 g/mol. The lowest BCUT2D eigenvalue weighted by atomic mass is 9.96. The molecule has 27 heavy (non-hydrogen) atoms. The van der Waals surface area contributed by atoms with Crippen molar-refractivity contribution in [2.45, 2.75) is 12.8 Å². The SMILES string of the molecule is NC(=O)C1CCN(C(=O)COC(=O)CNC(=O)c2ccc(Cl)c(Cl)c2)CC1. The molecule has 0 spiro atoms. The van der Waals surface area contributed by atoms with Crippen LogP contribution in [-0.4, -0.2) is 54.8 Å². The fraction of sp³-hybridized carbons (Fsp3) is 0.412. The van der Waals surface area contributed by atoms with E-state index in [2.05, 4.69) is 5.32 Å². The molecule has 3 N–H and O–H groups in total. The van der Waals surface area contributed by atoms with Crippen molar-refractivity contribution in [3.05, 3.63) is 33.8 Å². The molecule has 0 unspecified atom stereocenters. The molecule has 0 saturated carbocycles. The van der Waals surface area contributed by atoms with Crippen molar-refractivity contribution in [1.29, 1.82) is 0 Å². The summed E-state index contributed by atoms with van der Waals surface area (Å²) in [6.07, 6.45) is 0.990. The number of hydrogen-bond acceptors (Lipinski definition) is 5. The van der Waals surface area contributed by atoms with E-state index < -0.39 is 25.0 Å². The maximum atomic E-state index is 12.0. The number of amides is 3. The van der Waals surface area contributed by atoms with E-state index in [4.69, 9.17) is 33.7 Å². The third-order valence-corrected chi connectivity index (χ3v) is 4.92. The van der Waals surface area contributed by atoms with Gasteiger partial charge in [-0.05, 0) is 31.0 Å². The number of primary amides is 1. The van der Waals surface area contributed by atoms with Crippen LogP contribution in [0.4, 0.5) is 0 Å². The number of nitrogens with two attached hydrogens (primary N) is 1. The second kappa shape index (κ2) is 9.57. The number of rotatable bonds is 6. The molecule has 0 aliphatic carbocycles. The van der Waals surface area contributed by atoms with Gasteiger partial charge in [0.15, 0.2) is 6.61 Å². The van der Waals surface area contributed by atoms with Crippen LogP contribution >= 0.6 is 23.2 Å². The zero-order valence-corrected chi connectivity index (χ0v) is 15.9. The molecule has 1 heterocycles. The van der Waals surface area contributed by atoms with Crippen molar-refractivity contribution in [1.82, 2.24) is 10.2 Å². The van der Waals surface area contributed by atoms with E-state index >= 15 is 0 Å². The molecular weight excluding hydrogens is 397 g/mol. The van der Waals surface area contributed by atoms with Crippen molar-refractivity contribution in [3.8, 4) is 0 Å². The molecule has 1 aromatic rings. The van der Waals surface area contributed by atoms with Crippen LogP contribution < -0.4 is 11.1 Å². The summed E-state index contributed by atoms with van der Waals surface area (Å²) in [6.45, 7) is -0.0467. The quantitative estimate of drug-likeness (QED) is 0.671. The van der Waals surface area contributed by atoms with Crippen LogP contribution in [-0.2, 0) is 19.1 Å². The summed E-state index contributed by atoms with van der Waals surface area (Å²) in [5, 5.41) is 2.91. The largest absolute Gasteiger partial charge is 0.454 e. The lowest BCUT2D eigenvalue weighted by Gasteiger charge is -2.30. The smallest absolute Gasteiger partial charge is 0.325 e. The van der Waals surface area contributed by atoms with Crippen molar-refractivity contribution < 1.29 is 23.9 Å². The van der Waals surface area contributed by atoms with Crippen LogP contribution in [0, 0.1) is 5.92 Å². The number of esters is 1. The summed E-state index contributed by atoms with van der Waals surface area (Å²) < 4.78 is 4.88. The highest BCUT2D eigenvalue weighted by Gasteiger charge is 2.26. The molecule has 1 saturated heterocycles. The molecule has 1 aromatic carbocycles. The third-order valence-electron chi connectivity index (χ3n) is 4.18. The Balaban J connectivity index is 1.71. The van der Waals surface area contributed by atoms with E-state index in [-0.39, 0.29) is 28.3 Å². The first kappa shape index (κ1) is 21.0. The van der Waals surface area contributed by atoms with E-state index in [1.54, 1.807) is 0 Å². The summed E-state index contributed by atoms with van der Waals surface area (Å²) in [4.78, 5) is 48.3. The standard InChI is InChI=1S/C17H19Cl2N3O5/c18-12-2-1-11(7-13(12)19)17(26)21-8-15(24)27-9-14(23)22-5-3-10(4-6-22)16(20)25/h1-2,7,10H,3-6,8-9H2,(H2,20,25)(H,21,26). The normalized spacial score (nSPS) is 14.5. The molecule has 10 heteroatoms. The maximum absolute atomic E-state index is 12.0. The summed E-state index contributed by atoms with van der Waals surface area (Å²) in [6, 6.07) is 4.31. The van der Waals surface area contributed by atoms with E-state index in [0.717, 1.165) is 0 Å². The number of halogens is 2. The first-order valence-corrected chi connectivity index (χ1v) is 8.99. The minimum Gasteiger partial charge on any atom is -0.454 e. The van der Waals surface area contributed by atoms with Gasteiger partial charge in [0.1, 0.15) is 6.54 Å². The number of hydrogen-bond donors (Lipinski definition) is 2. The minimum atomic E-state index is -0.746. The van der Waals surface area contributed by atoms with Crippen LogP contribution in [0.2, 0.25) is 10.0 Å². The van der Waals surface area contributed by atoms with E-state index in [1.807, 2.05) is 0 Å². The topological polar surface area (TPSA) is 119 Å². The number of benzene rings is 1. The van der Waals surface area contributed by atoms with E-state index in [1.165, 1.54) is 23.1 Å². The lowest BCUT2D eigenvalue weighted by molar-refractivity contribution is -0.151. The Morgan fingerprint density at radius 1 is 1.15 bits per heavy atom. The molecule has 0 aromatic heterocycles. The molecule has 0 bridgehead atoms. The first-order valence-electron chi connectivity index (χ1n) is 8.24. The Morgan fingerprint density at radius 3 is 2.41 bits per heavy atom. The third kappa shape index (κ3) is 6.11. The van der Waals surface area contributed by atoms with Gasteiger partial charge in [-0.15, -0.1) is 0 Å². The molecule has 1 aliphatic heterocycles. The summed E-state index contributed by atoms with van der Waals surface area (Å²) in [5.41, 5.74) is 5.48. The van der Waals surface area contributed by atoms with Crippen LogP contribution in [0.3, 0.4) is 0 Å². The minimum absolute atomic E-state index is 0.220. The highest BCUT2D eigenvalue weighted by molar-refractivity contribution is 6.42. The Kier molecular flexibility index (Phi) is 7.44. The van der Waals surface area contributed by atoms with Gasteiger partial charge >= 0.3 is 5.97 Å². The number of piperidine rings is 1. The van der Waals surface area contributed by atoms with Crippen molar-refractivity contribution >= 4 is 46.9 Å². The van der Waals surface area contributed by atoms with Gasteiger partial charge < -0.3 is 20.7 Å². The second-order valence-electron chi connectivity index (χ2n) is 6.03. The van der Waals surface area contributed by atoms with Crippen LogP contribution in [0.25, 0.3) is 0 Å². The predicted octanol–water partition coefficient (Wildman–Crippen LogP) is 0.990. The summed E-state index contributed by atoms with van der Waals surface area (Å²) >= 11 is 11.6. The van der Waals surface area contributed by atoms with Crippen molar-refractivity contribution in [2.75, 3.05) is 26.2 Å². The van der Waals surface area contributed by atoms with Crippen LogP contribution in [0.5, 0.6) is 0 Å². The molecule has 1 fully saturated rings. The van der Waals surface area contributed by atoms with Gasteiger partial charge in [-0.25, -0.2) is 0 Å². The molecular formula is C17H19Cl2N3O5. The zero-order valence-electron chi connectivity index (χ0n) is 14.4. The number of carbonyl (C=O) groups excluding carboxylic acids is 4. The fourth-order valence-electron chi connectivity index (χ4n) is 2.59. The molecule has 0 radical (unpaired) electrons.